The minimum atomic E-state index is -0.196. The van der Waals surface area contributed by atoms with E-state index in [4.69, 9.17) is 23.2 Å². The van der Waals surface area contributed by atoms with Crippen LogP contribution in [0.5, 0.6) is 0 Å². The van der Waals surface area contributed by atoms with Gasteiger partial charge in [0.2, 0.25) is 0 Å². The van der Waals surface area contributed by atoms with E-state index in [0.29, 0.717) is 10.0 Å². The van der Waals surface area contributed by atoms with Gasteiger partial charge in [0.15, 0.2) is 5.78 Å². The van der Waals surface area contributed by atoms with E-state index in [9.17, 15) is 4.79 Å². The van der Waals surface area contributed by atoms with Gasteiger partial charge in [0, 0.05) is 29.9 Å². The molecule has 0 N–H and O–H groups in total. The second kappa shape index (κ2) is 5.63. The molecule has 2 nitrogen and oxygen atoms in total. The van der Waals surface area contributed by atoms with Crippen LogP contribution < -0.4 is 0 Å². The SMILES string of the molecule is CC(=O)C1=C(C)N(C)C(C)=[C]C1c1ccc(Cl)c(Cl)c1. The van der Waals surface area contributed by atoms with Gasteiger partial charge in [-0.1, -0.05) is 29.3 Å². The highest BCUT2D eigenvalue weighted by Crippen LogP contribution is 2.37. The molecule has 0 saturated carbocycles. The van der Waals surface area contributed by atoms with Gasteiger partial charge in [-0.3, -0.25) is 4.79 Å². The summed E-state index contributed by atoms with van der Waals surface area (Å²) in [7, 11) is 1.94. The molecule has 1 heterocycles. The molecule has 1 aromatic carbocycles. The molecule has 0 fully saturated rings. The van der Waals surface area contributed by atoms with E-state index in [-0.39, 0.29) is 11.7 Å². The van der Waals surface area contributed by atoms with Crippen molar-refractivity contribution in [2.24, 2.45) is 0 Å². The molecule has 2 rings (SSSR count). The number of hydrogen-bond donors (Lipinski definition) is 0. The predicted molar refractivity (Wildman–Crippen MR) is 82.8 cm³/mol. The smallest absolute Gasteiger partial charge is 0.158 e. The molecule has 0 aromatic heterocycles. The number of hydrogen-bond acceptors (Lipinski definition) is 2. The summed E-state index contributed by atoms with van der Waals surface area (Å²) in [6, 6.07) is 5.44. The van der Waals surface area contributed by atoms with Crippen molar-refractivity contribution in [3.05, 3.63) is 56.9 Å². The maximum atomic E-state index is 12.0. The quantitative estimate of drug-likeness (QED) is 0.796. The summed E-state index contributed by atoms with van der Waals surface area (Å²) in [5, 5.41) is 0.997. The Bertz CT molecular complexity index is 631. The highest BCUT2D eigenvalue weighted by Gasteiger charge is 2.27. The van der Waals surface area contributed by atoms with Crippen LogP contribution in [0, 0.1) is 6.08 Å². The molecule has 0 spiro atoms. The fraction of sp³-hybridized carbons (Fsp3) is 0.312. The Morgan fingerprint density at radius 1 is 1.25 bits per heavy atom. The summed E-state index contributed by atoms with van der Waals surface area (Å²) in [5.41, 5.74) is 3.61. The van der Waals surface area contributed by atoms with Crippen LogP contribution in [0.1, 0.15) is 32.3 Å². The van der Waals surface area contributed by atoms with Crippen LogP contribution >= 0.6 is 23.2 Å². The van der Waals surface area contributed by atoms with E-state index in [0.717, 1.165) is 22.5 Å². The van der Waals surface area contributed by atoms with Crippen molar-refractivity contribution in [2.45, 2.75) is 26.7 Å². The molecular weight excluding hydrogens is 293 g/mol. The van der Waals surface area contributed by atoms with Crippen LogP contribution in [0.2, 0.25) is 10.0 Å². The minimum Gasteiger partial charge on any atom is -0.351 e. The molecule has 4 heteroatoms. The number of nitrogens with zero attached hydrogens (tertiary/aromatic N) is 1. The number of carbonyl (C=O) groups is 1. The second-order valence-electron chi connectivity index (χ2n) is 4.95. The Labute approximate surface area is 129 Å². The summed E-state index contributed by atoms with van der Waals surface area (Å²) in [6.07, 6.45) is 3.35. The lowest BCUT2D eigenvalue weighted by Crippen LogP contribution is -2.25. The Morgan fingerprint density at radius 3 is 2.45 bits per heavy atom. The van der Waals surface area contributed by atoms with Crippen molar-refractivity contribution in [2.75, 3.05) is 7.05 Å². The summed E-state index contributed by atoms with van der Waals surface area (Å²) in [5.74, 6) is -0.149. The molecule has 1 aromatic rings. The van der Waals surface area contributed by atoms with Gasteiger partial charge >= 0.3 is 0 Å². The van der Waals surface area contributed by atoms with Crippen molar-refractivity contribution in [1.82, 2.24) is 4.90 Å². The third kappa shape index (κ3) is 2.63. The Balaban J connectivity index is 2.57. The predicted octanol–water partition coefficient (Wildman–Crippen LogP) is 4.59. The van der Waals surface area contributed by atoms with Gasteiger partial charge in [-0.25, -0.2) is 0 Å². The molecular formula is C16H16Cl2NO. The van der Waals surface area contributed by atoms with Crippen molar-refractivity contribution in [3.8, 4) is 0 Å². The fourth-order valence-corrected chi connectivity index (χ4v) is 2.73. The van der Waals surface area contributed by atoms with Crippen molar-refractivity contribution < 1.29 is 4.79 Å². The fourth-order valence-electron chi connectivity index (χ4n) is 2.42. The maximum absolute atomic E-state index is 12.0. The molecule has 1 radical (unpaired) electrons. The number of allylic oxidation sites excluding steroid dienone is 4. The zero-order chi connectivity index (χ0) is 15.0. The van der Waals surface area contributed by atoms with E-state index in [1.807, 2.05) is 31.9 Å². The average molecular weight is 309 g/mol. The molecule has 20 heavy (non-hydrogen) atoms. The zero-order valence-electron chi connectivity index (χ0n) is 11.9. The summed E-state index contributed by atoms with van der Waals surface area (Å²) in [6.45, 7) is 5.51. The Kier molecular flexibility index (Phi) is 4.26. The number of rotatable bonds is 2. The third-order valence-electron chi connectivity index (χ3n) is 3.69. The molecule has 1 aliphatic heterocycles. The van der Waals surface area contributed by atoms with Gasteiger partial charge in [-0.2, -0.15) is 0 Å². The second-order valence-corrected chi connectivity index (χ2v) is 5.76. The van der Waals surface area contributed by atoms with Gasteiger partial charge in [0.25, 0.3) is 0 Å². The average Bonchev–Trinajstić information content (AvgIpc) is 2.38. The molecule has 105 valence electrons. The van der Waals surface area contributed by atoms with Gasteiger partial charge < -0.3 is 4.90 Å². The topological polar surface area (TPSA) is 20.3 Å². The first-order valence-electron chi connectivity index (χ1n) is 6.33. The molecule has 0 amide bonds. The lowest BCUT2D eigenvalue weighted by atomic mass is 9.84. The standard InChI is InChI=1S/C16H16Cl2NO/c1-9-7-13(12-5-6-14(17)15(18)8-12)16(11(3)20)10(2)19(9)4/h5-6,8,13H,1-4H3. The van der Waals surface area contributed by atoms with Crippen molar-refractivity contribution in [1.29, 1.82) is 0 Å². The highest BCUT2D eigenvalue weighted by atomic mass is 35.5. The van der Waals surface area contributed by atoms with Crippen LogP contribution in [-0.4, -0.2) is 17.7 Å². The monoisotopic (exact) mass is 308 g/mol. The number of ketones is 1. The number of benzene rings is 1. The molecule has 1 unspecified atom stereocenters. The largest absolute Gasteiger partial charge is 0.351 e. The highest BCUT2D eigenvalue weighted by molar-refractivity contribution is 6.42. The van der Waals surface area contributed by atoms with Crippen molar-refractivity contribution >= 4 is 29.0 Å². The lowest BCUT2D eigenvalue weighted by molar-refractivity contribution is -0.114. The number of halogens is 2. The zero-order valence-corrected chi connectivity index (χ0v) is 13.4. The van der Waals surface area contributed by atoms with E-state index >= 15 is 0 Å². The van der Waals surface area contributed by atoms with Crippen LogP contribution in [-0.2, 0) is 4.79 Å². The molecule has 1 aliphatic rings. The van der Waals surface area contributed by atoms with E-state index in [2.05, 4.69) is 6.08 Å². The van der Waals surface area contributed by atoms with Crippen LogP contribution in [0.25, 0.3) is 0 Å². The van der Waals surface area contributed by atoms with Gasteiger partial charge in [-0.05, 0) is 44.5 Å². The van der Waals surface area contributed by atoms with Crippen LogP contribution in [0.3, 0.4) is 0 Å². The lowest BCUT2D eigenvalue weighted by Gasteiger charge is -2.31. The normalized spacial score (nSPS) is 19.2. The summed E-state index contributed by atoms with van der Waals surface area (Å²) in [4.78, 5) is 14.0. The van der Waals surface area contributed by atoms with E-state index in [1.54, 1.807) is 19.1 Å². The third-order valence-corrected chi connectivity index (χ3v) is 4.43. The summed E-state index contributed by atoms with van der Waals surface area (Å²) < 4.78 is 0. The Morgan fingerprint density at radius 2 is 1.90 bits per heavy atom. The number of Topliss-reactive ketones (excluding diaryl/α,β-unsaturated/α-hetero) is 1. The molecule has 0 aliphatic carbocycles. The van der Waals surface area contributed by atoms with E-state index in [1.165, 1.54) is 0 Å². The number of carbonyl (C=O) groups excluding carboxylic acids is 1. The van der Waals surface area contributed by atoms with Gasteiger partial charge in [0.05, 0.1) is 10.0 Å². The molecule has 0 saturated heterocycles. The van der Waals surface area contributed by atoms with Gasteiger partial charge in [-0.15, -0.1) is 0 Å². The molecule has 1 atom stereocenters. The van der Waals surface area contributed by atoms with Crippen LogP contribution in [0.4, 0.5) is 0 Å². The Hall–Kier alpha value is -1.25. The molecule has 0 bridgehead atoms. The first-order chi connectivity index (χ1) is 9.32. The first-order valence-corrected chi connectivity index (χ1v) is 7.09. The first kappa shape index (κ1) is 15.1. The van der Waals surface area contributed by atoms with Crippen LogP contribution in [0.15, 0.2) is 35.2 Å². The maximum Gasteiger partial charge on any atom is 0.158 e. The van der Waals surface area contributed by atoms with Crippen molar-refractivity contribution in [3.63, 3.8) is 0 Å². The van der Waals surface area contributed by atoms with Gasteiger partial charge in [0.1, 0.15) is 0 Å². The van der Waals surface area contributed by atoms with E-state index < -0.39 is 0 Å². The minimum absolute atomic E-state index is 0.0467. The summed E-state index contributed by atoms with van der Waals surface area (Å²) >= 11 is 12.0.